The van der Waals surface area contributed by atoms with E-state index in [1.165, 1.54) is 11.3 Å². The SMILES string of the molecule is O=C(c1ccsc1)N1CCC2(CC1)CN(c1ccc3c(c1)OCO3)C2=O. The van der Waals surface area contributed by atoms with Gasteiger partial charge in [0.25, 0.3) is 5.91 Å². The van der Waals surface area contributed by atoms with Crippen LogP contribution in [-0.4, -0.2) is 43.1 Å². The van der Waals surface area contributed by atoms with Crippen LogP contribution in [0.25, 0.3) is 0 Å². The van der Waals surface area contributed by atoms with E-state index in [-0.39, 0.29) is 24.0 Å². The normalized spacial score (nSPS) is 20.4. The van der Waals surface area contributed by atoms with Crippen LogP contribution in [0, 0.1) is 5.41 Å². The number of hydrogen-bond donors (Lipinski definition) is 0. The van der Waals surface area contributed by atoms with Crippen molar-refractivity contribution in [3.63, 3.8) is 0 Å². The number of amides is 2. The Bertz CT molecular complexity index is 872. The van der Waals surface area contributed by atoms with Gasteiger partial charge in [-0.2, -0.15) is 11.3 Å². The van der Waals surface area contributed by atoms with E-state index in [2.05, 4.69) is 0 Å². The number of fused-ring (bicyclic) bond motifs is 1. The van der Waals surface area contributed by atoms with E-state index in [0.29, 0.717) is 25.4 Å². The van der Waals surface area contributed by atoms with E-state index >= 15 is 0 Å². The maximum atomic E-state index is 12.9. The standard InChI is InChI=1S/C19H18N2O4S/c22-17(13-3-8-26-10-13)20-6-4-19(5-7-20)11-21(18(19)23)14-1-2-15-16(9-14)25-12-24-15/h1-3,8-10H,4-7,11-12H2. The first kappa shape index (κ1) is 15.7. The first-order chi connectivity index (χ1) is 12.7. The summed E-state index contributed by atoms with van der Waals surface area (Å²) in [5.41, 5.74) is 1.27. The average molecular weight is 370 g/mol. The molecule has 3 aliphatic rings. The Labute approximate surface area is 154 Å². The minimum atomic E-state index is -0.318. The van der Waals surface area contributed by atoms with Crippen LogP contribution in [0.5, 0.6) is 11.5 Å². The number of hydrogen-bond acceptors (Lipinski definition) is 5. The minimum absolute atomic E-state index is 0.0699. The number of ether oxygens (including phenoxy) is 2. The van der Waals surface area contributed by atoms with Gasteiger partial charge in [0, 0.05) is 36.8 Å². The highest BCUT2D eigenvalue weighted by Crippen LogP contribution is 2.46. The lowest BCUT2D eigenvalue weighted by Gasteiger charge is -2.52. The highest BCUT2D eigenvalue weighted by molar-refractivity contribution is 7.08. The summed E-state index contributed by atoms with van der Waals surface area (Å²) in [5, 5.41) is 3.79. The molecule has 3 aliphatic heterocycles. The van der Waals surface area contributed by atoms with E-state index in [1.807, 2.05) is 39.9 Å². The quantitative estimate of drug-likeness (QED) is 0.763. The van der Waals surface area contributed by atoms with Crippen LogP contribution in [-0.2, 0) is 4.79 Å². The Morgan fingerprint density at radius 1 is 1.12 bits per heavy atom. The summed E-state index contributed by atoms with van der Waals surface area (Å²) in [6.07, 6.45) is 1.45. The van der Waals surface area contributed by atoms with Gasteiger partial charge in [-0.15, -0.1) is 0 Å². The molecule has 2 aromatic rings. The van der Waals surface area contributed by atoms with E-state index in [0.717, 1.165) is 29.8 Å². The highest BCUT2D eigenvalue weighted by Gasteiger charge is 2.54. The first-order valence-electron chi connectivity index (χ1n) is 8.69. The van der Waals surface area contributed by atoms with Crippen molar-refractivity contribution < 1.29 is 19.1 Å². The van der Waals surface area contributed by atoms with Crippen molar-refractivity contribution >= 4 is 28.8 Å². The van der Waals surface area contributed by atoms with Crippen molar-refractivity contribution in [3.05, 3.63) is 40.6 Å². The molecule has 26 heavy (non-hydrogen) atoms. The minimum Gasteiger partial charge on any atom is -0.454 e. The van der Waals surface area contributed by atoms with Crippen molar-refractivity contribution in [2.24, 2.45) is 5.41 Å². The number of piperidine rings is 1. The fraction of sp³-hybridized carbons (Fsp3) is 0.368. The van der Waals surface area contributed by atoms with E-state index < -0.39 is 0 Å². The Kier molecular flexibility index (Phi) is 3.46. The molecule has 0 unspecified atom stereocenters. The Hall–Kier alpha value is -2.54. The Morgan fingerprint density at radius 2 is 1.92 bits per heavy atom. The summed E-state index contributed by atoms with van der Waals surface area (Å²) in [6.45, 7) is 2.20. The monoisotopic (exact) mass is 370 g/mol. The summed E-state index contributed by atoms with van der Waals surface area (Å²) in [7, 11) is 0. The molecule has 7 heteroatoms. The summed E-state index contributed by atoms with van der Waals surface area (Å²) < 4.78 is 10.7. The molecule has 6 nitrogen and oxygen atoms in total. The molecule has 0 radical (unpaired) electrons. The number of benzene rings is 1. The zero-order valence-corrected chi connectivity index (χ0v) is 15.0. The van der Waals surface area contributed by atoms with Gasteiger partial charge in [-0.25, -0.2) is 0 Å². The third-order valence-corrected chi connectivity index (χ3v) is 6.29. The summed E-state index contributed by atoms with van der Waals surface area (Å²) >= 11 is 1.53. The second-order valence-corrected chi connectivity index (χ2v) is 7.79. The van der Waals surface area contributed by atoms with Gasteiger partial charge >= 0.3 is 0 Å². The van der Waals surface area contributed by atoms with Crippen LogP contribution in [0.4, 0.5) is 5.69 Å². The fourth-order valence-corrected chi connectivity index (χ4v) is 4.61. The number of β-lactam (4-membered cyclic amide) rings is 1. The molecule has 1 spiro atoms. The molecule has 2 amide bonds. The van der Waals surface area contributed by atoms with E-state index in [4.69, 9.17) is 9.47 Å². The van der Waals surface area contributed by atoms with Crippen LogP contribution in [0.2, 0.25) is 0 Å². The number of rotatable bonds is 2. The molecular weight excluding hydrogens is 352 g/mol. The number of nitrogens with zero attached hydrogens (tertiary/aromatic N) is 2. The van der Waals surface area contributed by atoms with Gasteiger partial charge in [0.15, 0.2) is 11.5 Å². The zero-order valence-electron chi connectivity index (χ0n) is 14.1. The molecular formula is C19H18N2O4S. The second-order valence-electron chi connectivity index (χ2n) is 7.01. The van der Waals surface area contributed by atoms with Crippen molar-refractivity contribution in [2.75, 3.05) is 31.3 Å². The molecule has 0 saturated carbocycles. The lowest BCUT2D eigenvalue weighted by atomic mass is 9.70. The lowest BCUT2D eigenvalue weighted by Crippen LogP contribution is -2.65. The summed E-state index contributed by atoms with van der Waals surface area (Å²) in [4.78, 5) is 29.0. The van der Waals surface area contributed by atoms with Crippen molar-refractivity contribution in [2.45, 2.75) is 12.8 Å². The number of thiophene rings is 1. The third-order valence-electron chi connectivity index (χ3n) is 5.60. The average Bonchev–Trinajstić information content (AvgIpc) is 3.36. The molecule has 2 fully saturated rings. The van der Waals surface area contributed by atoms with Crippen LogP contribution in [0.15, 0.2) is 35.0 Å². The van der Waals surface area contributed by atoms with Crippen LogP contribution < -0.4 is 14.4 Å². The largest absolute Gasteiger partial charge is 0.454 e. The molecule has 1 aromatic heterocycles. The van der Waals surface area contributed by atoms with Crippen molar-refractivity contribution in [3.8, 4) is 11.5 Å². The highest BCUT2D eigenvalue weighted by atomic mass is 32.1. The molecule has 5 rings (SSSR count). The molecule has 0 N–H and O–H groups in total. The number of carbonyl (C=O) groups excluding carboxylic acids is 2. The van der Waals surface area contributed by atoms with Gasteiger partial charge in [-0.3, -0.25) is 9.59 Å². The van der Waals surface area contributed by atoms with Gasteiger partial charge in [0.1, 0.15) is 0 Å². The number of carbonyl (C=O) groups is 2. The molecule has 1 aromatic carbocycles. The van der Waals surface area contributed by atoms with Gasteiger partial charge in [-0.05, 0) is 36.4 Å². The predicted octanol–water partition coefficient (Wildman–Crippen LogP) is 2.75. The van der Waals surface area contributed by atoms with Crippen LogP contribution >= 0.6 is 11.3 Å². The maximum Gasteiger partial charge on any atom is 0.254 e. The Balaban J connectivity index is 1.26. The number of anilines is 1. The molecule has 2 saturated heterocycles. The molecule has 0 bridgehead atoms. The first-order valence-corrected chi connectivity index (χ1v) is 9.64. The molecule has 4 heterocycles. The smallest absolute Gasteiger partial charge is 0.254 e. The summed E-state index contributed by atoms with van der Waals surface area (Å²) in [5.74, 6) is 1.63. The van der Waals surface area contributed by atoms with Gasteiger partial charge in [-0.1, -0.05) is 0 Å². The Morgan fingerprint density at radius 3 is 2.65 bits per heavy atom. The predicted molar refractivity (Wildman–Crippen MR) is 96.8 cm³/mol. The fourth-order valence-electron chi connectivity index (χ4n) is 3.98. The van der Waals surface area contributed by atoms with Crippen LogP contribution in [0.3, 0.4) is 0 Å². The number of likely N-dealkylation sites (tertiary alicyclic amines) is 1. The maximum absolute atomic E-state index is 12.9. The van der Waals surface area contributed by atoms with Crippen LogP contribution in [0.1, 0.15) is 23.2 Å². The van der Waals surface area contributed by atoms with E-state index in [9.17, 15) is 9.59 Å². The van der Waals surface area contributed by atoms with Gasteiger partial charge < -0.3 is 19.3 Å². The zero-order chi connectivity index (χ0) is 17.7. The molecule has 0 aliphatic carbocycles. The van der Waals surface area contributed by atoms with Crippen molar-refractivity contribution in [1.29, 1.82) is 0 Å². The van der Waals surface area contributed by atoms with E-state index in [1.54, 1.807) is 4.90 Å². The third kappa shape index (κ3) is 2.30. The lowest BCUT2D eigenvalue weighted by molar-refractivity contribution is -0.138. The van der Waals surface area contributed by atoms with Crippen molar-refractivity contribution in [1.82, 2.24) is 4.90 Å². The van der Waals surface area contributed by atoms with Gasteiger partial charge in [0.2, 0.25) is 12.7 Å². The molecule has 0 atom stereocenters. The second kappa shape index (κ2) is 5.74. The van der Waals surface area contributed by atoms with Gasteiger partial charge in [0.05, 0.1) is 11.0 Å². The summed E-state index contributed by atoms with van der Waals surface area (Å²) in [6, 6.07) is 7.46. The molecule has 134 valence electrons. The topological polar surface area (TPSA) is 59.1 Å².